The molecule has 0 radical (unpaired) electrons. The minimum Gasteiger partial charge on any atom is -0.481 e. The summed E-state index contributed by atoms with van der Waals surface area (Å²) >= 11 is 0. The van der Waals surface area contributed by atoms with Crippen LogP contribution in [0.2, 0.25) is 0 Å². The fraction of sp³-hybridized carbons (Fsp3) is 0.357. The first-order valence-electron chi connectivity index (χ1n) is 6.30. The monoisotopic (exact) mass is 258 g/mol. The number of carbonyl (C=O) groups is 2. The Labute approximate surface area is 110 Å². The van der Waals surface area contributed by atoms with Crippen LogP contribution in [0.1, 0.15) is 6.42 Å². The second-order valence-corrected chi connectivity index (χ2v) is 5.04. The molecule has 4 atom stereocenters. The summed E-state index contributed by atoms with van der Waals surface area (Å²) in [6, 6.07) is 5.23. The standard InChI is InChI=1S/C14H14N2O3/c17-13(16-10-3-1-2-6-15-10)11-8-4-5-9(7-8)12(11)14(18)19/h1-6,8-9,11-12H,7H2,(H,18,19)(H,15,16,17)/t8-,9-,11-,12+/m0/s1. The maximum absolute atomic E-state index is 12.3. The SMILES string of the molecule is O=C(Nc1ccccn1)[C@@H]1[C@H](C(=O)O)[C@H]2C=C[C@H]1C2. The van der Waals surface area contributed by atoms with E-state index in [1.54, 1.807) is 24.4 Å². The molecule has 0 aliphatic heterocycles. The number of allylic oxidation sites excluding steroid dienone is 2. The van der Waals surface area contributed by atoms with Gasteiger partial charge in [0.15, 0.2) is 0 Å². The number of carbonyl (C=O) groups excluding carboxylic acids is 1. The number of rotatable bonds is 3. The number of amides is 1. The maximum atomic E-state index is 12.3. The van der Waals surface area contributed by atoms with Crippen LogP contribution in [0.15, 0.2) is 36.5 Å². The van der Waals surface area contributed by atoms with Gasteiger partial charge in [0.25, 0.3) is 0 Å². The van der Waals surface area contributed by atoms with Gasteiger partial charge in [0.2, 0.25) is 5.91 Å². The first kappa shape index (κ1) is 11.9. The number of hydrogen-bond acceptors (Lipinski definition) is 3. The molecule has 2 aliphatic rings. The van der Waals surface area contributed by atoms with E-state index in [4.69, 9.17) is 0 Å². The third-order valence-electron chi connectivity index (χ3n) is 3.96. The van der Waals surface area contributed by atoms with Crippen molar-refractivity contribution >= 4 is 17.7 Å². The summed E-state index contributed by atoms with van der Waals surface area (Å²) in [5.41, 5.74) is 0. The molecule has 2 bridgehead atoms. The fourth-order valence-electron chi connectivity index (χ4n) is 3.16. The second-order valence-electron chi connectivity index (χ2n) is 5.04. The first-order valence-corrected chi connectivity index (χ1v) is 6.30. The fourth-order valence-corrected chi connectivity index (χ4v) is 3.16. The number of carboxylic acid groups (broad SMARTS) is 1. The van der Waals surface area contributed by atoms with Gasteiger partial charge in [-0.2, -0.15) is 0 Å². The highest BCUT2D eigenvalue weighted by Crippen LogP contribution is 2.48. The minimum atomic E-state index is -0.891. The van der Waals surface area contributed by atoms with Gasteiger partial charge >= 0.3 is 5.97 Å². The number of aliphatic carboxylic acids is 1. The van der Waals surface area contributed by atoms with Crippen molar-refractivity contribution in [1.82, 2.24) is 4.98 Å². The molecule has 5 heteroatoms. The average Bonchev–Trinajstić information content (AvgIpc) is 2.99. The molecule has 1 heterocycles. The lowest BCUT2D eigenvalue weighted by atomic mass is 9.82. The Hall–Kier alpha value is -2.17. The van der Waals surface area contributed by atoms with Crippen LogP contribution in [0.25, 0.3) is 0 Å². The molecule has 1 aromatic rings. The third kappa shape index (κ3) is 2.01. The van der Waals surface area contributed by atoms with Crippen LogP contribution in [-0.2, 0) is 9.59 Å². The van der Waals surface area contributed by atoms with Crippen molar-refractivity contribution in [2.24, 2.45) is 23.7 Å². The van der Waals surface area contributed by atoms with Gasteiger partial charge in [-0.3, -0.25) is 9.59 Å². The highest BCUT2D eigenvalue weighted by Gasteiger charge is 2.51. The molecule has 19 heavy (non-hydrogen) atoms. The number of anilines is 1. The van der Waals surface area contributed by atoms with E-state index in [0.717, 1.165) is 6.42 Å². The van der Waals surface area contributed by atoms with Crippen LogP contribution in [0.5, 0.6) is 0 Å². The number of fused-ring (bicyclic) bond motifs is 2. The largest absolute Gasteiger partial charge is 0.481 e. The molecule has 2 aliphatic carbocycles. The van der Waals surface area contributed by atoms with Gasteiger partial charge in [0.1, 0.15) is 5.82 Å². The zero-order valence-electron chi connectivity index (χ0n) is 10.2. The van der Waals surface area contributed by atoms with Crippen molar-refractivity contribution in [3.05, 3.63) is 36.5 Å². The van der Waals surface area contributed by atoms with E-state index in [1.165, 1.54) is 0 Å². The summed E-state index contributed by atoms with van der Waals surface area (Å²) in [4.78, 5) is 27.6. The normalized spacial score (nSPS) is 31.4. The van der Waals surface area contributed by atoms with Gasteiger partial charge in [-0.25, -0.2) is 4.98 Å². The Kier molecular flexibility index (Phi) is 2.81. The number of aromatic nitrogens is 1. The maximum Gasteiger partial charge on any atom is 0.307 e. The Morgan fingerprint density at radius 3 is 2.58 bits per heavy atom. The highest BCUT2D eigenvalue weighted by atomic mass is 16.4. The first-order chi connectivity index (χ1) is 9.16. The van der Waals surface area contributed by atoms with Gasteiger partial charge < -0.3 is 10.4 Å². The van der Waals surface area contributed by atoms with Gasteiger partial charge in [-0.1, -0.05) is 18.2 Å². The highest BCUT2D eigenvalue weighted by molar-refractivity contribution is 5.95. The van der Waals surface area contributed by atoms with E-state index >= 15 is 0 Å². The number of nitrogens with one attached hydrogen (secondary N) is 1. The number of hydrogen-bond donors (Lipinski definition) is 2. The Morgan fingerprint density at radius 1 is 1.21 bits per heavy atom. The predicted molar refractivity (Wildman–Crippen MR) is 68.2 cm³/mol. The van der Waals surface area contributed by atoms with Crippen molar-refractivity contribution < 1.29 is 14.7 Å². The molecule has 2 N–H and O–H groups in total. The summed E-state index contributed by atoms with van der Waals surface area (Å²) in [5, 5.41) is 12.0. The van der Waals surface area contributed by atoms with Crippen LogP contribution in [0.3, 0.4) is 0 Å². The van der Waals surface area contributed by atoms with E-state index in [0.29, 0.717) is 5.82 Å². The van der Waals surface area contributed by atoms with E-state index < -0.39 is 17.8 Å². The summed E-state index contributed by atoms with van der Waals surface area (Å²) in [7, 11) is 0. The molecule has 1 amide bonds. The lowest BCUT2D eigenvalue weighted by Crippen LogP contribution is -2.36. The lowest BCUT2D eigenvalue weighted by Gasteiger charge is -2.23. The predicted octanol–water partition coefficient (Wildman–Crippen LogP) is 1.54. The van der Waals surface area contributed by atoms with Crippen LogP contribution in [0, 0.1) is 23.7 Å². The number of nitrogens with zero attached hydrogens (tertiary/aromatic N) is 1. The number of pyridine rings is 1. The third-order valence-corrected chi connectivity index (χ3v) is 3.96. The lowest BCUT2D eigenvalue weighted by molar-refractivity contribution is -0.146. The molecule has 98 valence electrons. The van der Waals surface area contributed by atoms with E-state index in [-0.39, 0.29) is 17.7 Å². The summed E-state index contributed by atoms with van der Waals surface area (Å²) in [6.07, 6.45) is 6.24. The van der Waals surface area contributed by atoms with Crippen molar-refractivity contribution in [2.75, 3.05) is 5.32 Å². The van der Waals surface area contributed by atoms with Crippen molar-refractivity contribution in [3.8, 4) is 0 Å². The van der Waals surface area contributed by atoms with Crippen molar-refractivity contribution in [1.29, 1.82) is 0 Å². The quantitative estimate of drug-likeness (QED) is 0.806. The molecule has 0 spiro atoms. The Balaban J connectivity index is 1.79. The second kappa shape index (κ2) is 4.50. The van der Waals surface area contributed by atoms with Crippen LogP contribution < -0.4 is 5.32 Å². The van der Waals surface area contributed by atoms with E-state index in [9.17, 15) is 14.7 Å². The van der Waals surface area contributed by atoms with Crippen LogP contribution in [-0.4, -0.2) is 22.0 Å². The molecule has 0 unspecified atom stereocenters. The molecular formula is C14H14N2O3. The van der Waals surface area contributed by atoms with E-state index in [2.05, 4.69) is 10.3 Å². The zero-order valence-corrected chi connectivity index (χ0v) is 10.2. The molecule has 3 rings (SSSR count). The van der Waals surface area contributed by atoms with Crippen molar-refractivity contribution in [3.63, 3.8) is 0 Å². The summed E-state index contributed by atoms with van der Waals surface area (Å²) < 4.78 is 0. The molecule has 0 saturated heterocycles. The van der Waals surface area contributed by atoms with Gasteiger partial charge in [0.05, 0.1) is 11.8 Å². The smallest absolute Gasteiger partial charge is 0.307 e. The molecule has 1 fully saturated rings. The molecular weight excluding hydrogens is 244 g/mol. The minimum absolute atomic E-state index is 0.0121. The molecule has 1 aromatic heterocycles. The van der Waals surface area contributed by atoms with Crippen LogP contribution in [0.4, 0.5) is 5.82 Å². The Morgan fingerprint density at radius 2 is 1.95 bits per heavy atom. The topological polar surface area (TPSA) is 79.3 Å². The van der Waals surface area contributed by atoms with Gasteiger partial charge in [0, 0.05) is 6.20 Å². The molecule has 1 saturated carbocycles. The zero-order chi connectivity index (χ0) is 13.4. The summed E-state index contributed by atoms with van der Waals surface area (Å²) in [6.45, 7) is 0. The molecule has 5 nitrogen and oxygen atoms in total. The molecule has 0 aromatic carbocycles. The van der Waals surface area contributed by atoms with Gasteiger partial charge in [-0.15, -0.1) is 0 Å². The Bertz CT molecular complexity index is 541. The van der Waals surface area contributed by atoms with Gasteiger partial charge in [-0.05, 0) is 30.4 Å². The summed E-state index contributed by atoms with van der Waals surface area (Å²) in [5.74, 6) is -1.76. The van der Waals surface area contributed by atoms with Crippen LogP contribution >= 0.6 is 0 Å². The average molecular weight is 258 g/mol. The van der Waals surface area contributed by atoms with Crippen molar-refractivity contribution in [2.45, 2.75) is 6.42 Å². The van der Waals surface area contributed by atoms with E-state index in [1.807, 2.05) is 12.2 Å². The number of carboxylic acids is 1.